The smallest absolute Gasteiger partial charge is 0.00488 e. The highest BCUT2D eigenvalue weighted by Gasteiger charge is 2.12. The van der Waals surface area contributed by atoms with Gasteiger partial charge >= 0.3 is 0 Å². The van der Waals surface area contributed by atoms with Crippen molar-refractivity contribution in [2.75, 3.05) is 6.54 Å². The summed E-state index contributed by atoms with van der Waals surface area (Å²) in [5.74, 6) is 1.26. The average molecular weight is 205 g/mol. The fourth-order valence-electron chi connectivity index (χ4n) is 1.80. The Morgan fingerprint density at radius 3 is 2.40 bits per heavy atom. The predicted molar refractivity (Wildman–Crippen MR) is 67.0 cm³/mol. The molecule has 0 aliphatic carbocycles. The van der Waals surface area contributed by atoms with Gasteiger partial charge in [-0.15, -0.1) is 0 Å². The lowest BCUT2D eigenvalue weighted by molar-refractivity contribution is 0.394. The molecule has 0 aliphatic heterocycles. The van der Waals surface area contributed by atoms with Crippen LogP contribution in [0.1, 0.15) is 30.5 Å². The molecule has 0 radical (unpaired) electrons. The van der Waals surface area contributed by atoms with Crippen molar-refractivity contribution in [2.24, 2.45) is 17.6 Å². The molecule has 84 valence electrons. The van der Waals surface area contributed by atoms with E-state index in [2.05, 4.69) is 45.9 Å². The Hall–Kier alpha value is -0.820. The maximum atomic E-state index is 5.69. The summed E-state index contributed by atoms with van der Waals surface area (Å²) in [6, 6.07) is 6.69. The summed E-state index contributed by atoms with van der Waals surface area (Å²) >= 11 is 0. The third kappa shape index (κ3) is 3.35. The number of aryl methyl sites for hydroxylation is 2. The van der Waals surface area contributed by atoms with Crippen LogP contribution in [0, 0.1) is 25.7 Å². The fourth-order valence-corrected chi connectivity index (χ4v) is 1.80. The molecule has 1 aromatic rings. The summed E-state index contributed by atoms with van der Waals surface area (Å²) < 4.78 is 0. The lowest BCUT2D eigenvalue weighted by Gasteiger charge is -2.19. The Balaban J connectivity index is 2.75. The van der Waals surface area contributed by atoms with Gasteiger partial charge in [-0.05, 0) is 49.8 Å². The first-order chi connectivity index (χ1) is 7.04. The molecule has 0 saturated carbocycles. The molecular weight excluding hydrogens is 182 g/mol. The summed E-state index contributed by atoms with van der Waals surface area (Å²) in [7, 11) is 0. The van der Waals surface area contributed by atoms with Gasteiger partial charge in [0.05, 0.1) is 0 Å². The van der Waals surface area contributed by atoms with Crippen LogP contribution in [0.3, 0.4) is 0 Å². The van der Waals surface area contributed by atoms with Crippen molar-refractivity contribution in [3.63, 3.8) is 0 Å². The monoisotopic (exact) mass is 205 g/mol. The molecule has 1 rings (SSSR count). The number of rotatable bonds is 4. The van der Waals surface area contributed by atoms with Crippen LogP contribution in [-0.4, -0.2) is 6.54 Å². The van der Waals surface area contributed by atoms with Gasteiger partial charge in [-0.1, -0.05) is 37.6 Å². The van der Waals surface area contributed by atoms with E-state index in [1.165, 1.54) is 16.7 Å². The third-order valence-electron chi connectivity index (χ3n) is 3.39. The van der Waals surface area contributed by atoms with Gasteiger partial charge in [0, 0.05) is 0 Å². The van der Waals surface area contributed by atoms with Crippen molar-refractivity contribution in [2.45, 2.75) is 34.1 Å². The van der Waals surface area contributed by atoms with Gasteiger partial charge in [-0.25, -0.2) is 0 Å². The van der Waals surface area contributed by atoms with E-state index in [-0.39, 0.29) is 0 Å². The Bertz CT molecular complexity index is 317. The van der Waals surface area contributed by atoms with Crippen LogP contribution in [0.15, 0.2) is 18.2 Å². The van der Waals surface area contributed by atoms with E-state index in [4.69, 9.17) is 5.73 Å². The molecule has 0 heterocycles. The number of benzene rings is 1. The van der Waals surface area contributed by atoms with Crippen molar-refractivity contribution in [3.8, 4) is 0 Å². The Morgan fingerprint density at radius 1 is 1.13 bits per heavy atom. The van der Waals surface area contributed by atoms with Crippen LogP contribution in [-0.2, 0) is 6.42 Å². The van der Waals surface area contributed by atoms with E-state index in [0.717, 1.165) is 13.0 Å². The average Bonchev–Trinajstić information content (AvgIpc) is 2.22. The highest BCUT2D eigenvalue weighted by molar-refractivity contribution is 5.30. The van der Waals surface area contributed by atoms with Crippen molar-refractivity contribution in [3.05, 3.63) is 34.9 Å². The Kier molecular flexibility index (Phi) is 4.34. The zero-order chi connectivity index (χ0) is 11.4. The van der Waals surface area contributed by atoms with Crippen LogP contribution in [0.2, 0.25) is 0 Å². The van der Waals surface area contributed by atoms with Gasteiger partial charge in [0.25, 0.3) is 0 Å². The summed E-state index contributed by atoms with van der Waals surface area (Å²) in [5.41, 5.74) is 9.92. The fraction of sp³-hybridized carbons (Fsp3) is 0.571. The highest BCUT2D eigenvalue weighted by atomic mass is 14.5. The number of nitrogens with two attached hydrogens (primary N) is 1. The van der Waals surface area contributed by atoms with E-state index in [9.17, 15) is 0 Å². The molecule has 2 atom stereocenters. The van der Waals surface area contributed by atoms with Crippen LogP contribution < -0.4 is 5.73 Å². The molecular formula is C14H23N. The number of hydrogen-bond donors (Lipinski definition) is 1. The zero-order valence-corrected chi connectivity index (χ0v) is 10.4. The standard InChI is InChI=1S/C14H23N/c1-10-5-6-11(2)14(7-10)8-12(3)13(4)9-15/h5-7,12-13H,8-9,15H2,1-4H3. The molecule has 0 aliphatic rings. The Labute approximate surface area is 93.7 Å². The number of hydrogen-bond acceptors (Lipinski definition) is 1. The van der Waals surface area contributed by atoms with Gasteiger partial charge in [0.1, 0.15) is 0 Å². The molecule has 1 nitrogen and oxygen atoms in total. The third-order valence-corrected chi connectivity index (χ3v) is 3.39. The van der Waals surface area contributed by atoms with Gasteiger partial charge in [-0.3, -0.25) is 0 Å². The van der Waals surface area contributed by atoms with E-state index in [0.29, 0.717) is 11.8 Å². The molecule has 15 heavy (non-hydrogen) atoms. The second kappa shape index (κ2) is 5.32. The summed E-state index contributed by atoms with van der Waals surface area (Å²) in [5, 5.41) is 0. The lowest BCUT2D eigenvalue weighted by Crippen LogP contribution is -2.20. The minimum atomic E-state index is 0.602. The maximum Gasteiger partial charge on any atom is -0.00488 e. The largest absolute Gasteiger partial charge is 0.330 e. The second-order valence-electron chi connectivity index (χ2n) is 4.82. The normalized spacial score (nSPS) is 15.0. The van der Waals surface area contributed by atoms with Gasteiger partial charge in [0.2, 0.25) is 0 Å². The summed E-state index contributed by atoms with van der Waals surface area (Å²) in [6.45, 7) is 9.65. The molecule has 0 saturated heterocycles. The molecule has 1 aromatic carbocycles. The summed E-state index contributed by atoms with van der Waals surface area (Å²) in [4.78, 5) is 0. The topological polar surface area (TPSA) is 26.0 Å². The zero-order valence-electron chi connectivity index (χ0n) is 10.4. The van der Waals surface area contributed by atoms with Crippen LogP contribution in [0.25, 0.3) is 0 Å². The van der Waals surface area contributed by atoms with Crippen molar-refractivity contribution in [1.82, 2.24) is 0 Å². The predicted octanol–water partition coefficient (Wildman–Crippen LogP) is 3.08. The van der Waals surface area contributed by atoms with E-state index < -0.39 is 0 Å². The SMILES string of the molecule is Cc1ccc(C)c(CC(C)C(C)CN)c1. The molecule has 0 amide bonds. The molecule has 0 spiro atoms. The van der Waals surface area contributed by atoms with Crippen molar-refractivity contribution in [1.29, 1.82) is 0 Å². The van der Waals surface area contributed by atoms with Gasteiger partial charge in [0.15, 0.2) is 0 Å². The summed E-state index contributed by atoms with van der Waals surface area (Å²) in [6.07, 6.45) is 1.14. The lowest BCUT2D eigenvalue weighted by atomic mass is 9.88. The minimum Gasteiger partial charge on any atom is -0.330 e. The quantitative estimate of drug-likeness (QED) is 0.803. The molecule has 2 N–H and O–H groups in total. The second-order valence-corrected chi connectivity index (χ2v) is 4.82. The van der Waals surface area contributed by atoms with Crippen LogP contribution in [0.5, 0.6) is 0 Å². The first-order valence-electron chi connectivity index (χ1n) is 5.80. The molecule has 0 aromatic heterocycles. The Morgan fingerprint density at radius 2 is 1.80 bits per heavy atom. The molecule has 2 unspecified atom stereocenters. The molecule has 1 heteroatoms. The van der Waals surface area contributed by atoms with Crippen LogP contribution in [0.4, 0.5) is 0 Å². The minimum absolute atomic E-state index is 0.602. The van der Waals surface area contributed by atoms with Gasteiger partial charge in [-0.2, -0.15) is 0 Å². The van der Waals surface area contributed by atoms with Crippen molar-refractivity contribution >= 4 is 0 Å². The highest BCUT2D eigenvalue weighted by Crippen LogP contribution is 2.19. The first-order valence-corrected chi connectivity index (χ1v) is 5.80. The maximum absolute atomic E-state index is 5.69. The first kappa shape index (κ1) is 12.3. The molecule has 0 bridgehead atoms. The van der Waals surface area contributed by atoms with Crippen molar-refractivity contribution < 1.29 is 0 Å². The van der Waals surface area contributed by atoms with E-state index in [1.807, 2.05) is 0 Å². The van der Waals surface area contributed by atoms with Gasteiger partial charge < -0.3 is 5.73 Å². The van der Waals surface area contributed by atoms with E-state index in [1.54, 1.807) is 0 Å². The molecule has 0 fully saturated rings. The van der Waals surface area contributed by atoms with Crippen LogP contribution >= 0.6 is 0 Å². The van der Waals surface area contributed by atoms with E-state index >= 15 is 0 Å².